The van der Waals surface area contributed by atoms with Crippen LogP contribution in [0.1, 0.15) is 11.1 Å². The fourth-order valence-electron chi connectivity index (χ4n) is 2.22. The summed E-state index contributed by atoms with van der Waals surface area (Å²) in [5, 5.41) is 11.9. The maximum absolute atomic E-state index is 6.36. The number of anilines is 1. The maximum atomic E-state index is 6.36. The summed E-state index contributed by atoms with van der Waals surface area (Å²) in [6, 6.07) is 10.9. The van der Waals surface area contributed by atoms with Gasteiger partial charge >= 0.3 is 0 Å². The number of rotatable bonds is 7. The number of hydrogen-bond acceptors (Lipinski definition) is 7. The molecule has 0 bridgehead atoms. The molecule has 0 aliphatic heterocycles. The molecule has 0 aliphatic rings. The molecule has 0 unspecified atom stereocenters. The molecule has 26 heavy (non-hydrogen) atoms. The molecule has 0 radical (unpaired) electrons. The van der Waals surface area contributed by atoms with E-state index in [2.05, 4.69) is 21.0 Å². The van der Waals surface area contributed by atoms with Crippen LogP contribution < -0.4 is 20.6 Å². The molecule has 0 saturated heterocycles. The summed E-state index contributed by atoms with van der Waals surface area (Å²) in [6.45, 7) is 0.639. The second-order valence-electron chi connectivity index (χ2n) is 5.26. The minimum absolute atomic E-state index is 0.146. The van der Waals surface area contributed by atoms with Crippen LogP contribution in [0.2, 0.25) is 10.0 Å². The number of nitrogen functional groups attached to an aromatic ring is 1. The minimum atomic E-state index is 0.146. The maximum Gasteiger partial charge on any atom is 0.260 e. The summed E-state index contributed by atoms with van der Waals surface area (Å²) < 4.78 is 11.2. The molecule has 2 aromatic carbocycles. The van der Waals surface area contributed by atoms with Crippen LogP contribution in [0.5, 0.6) is 11.5 Å². The largest absolute Gasteiger partial charge is 0.493 e. The first-order chi connectivity index (χ1) is 12.6. The van der Waals surface area contributed by atoms with Gasteiger partial charge in [-0.3, -0.25) is 0 Å². The quantitative estimate of drug-likeness (QED) is 0.635. The topological polar surface area (TPSA) is 100 Å². The smallest absolute Gasteiger partial charge is 0.260 e. The van der Waals surface area contributed by atoms with Crippen LogP contribution in [0.15, 0.2) is 36.4 Å². The lowest BCUT2D eigenvalue weighted by atomic mass is 10.2. The Morgan fingerprint density at radius 2 is 1.92 bits per heavy atom. The van der Waals surface area contributed by atoms with Crippen molar-refractivity contribution >= 4 is 29.2 Å². The van der Waals surface area contributed by atoms with Gasteiger partial charge in [0.1, 0.15) is 6.61 Å². The van der Waals surface area contributed by atoms with Crippen LogP contribution >= 0.6 is 23.2 Å². The summed E-state index contributed by atoms with van der Waals surface area (Å²) in [5.41, 5.74) is 10.2. The van der Waals surface area contributed by atoms with E-state index in [1.165, 1.54) is 4.79 Å². The predicted octanol–water partition coefficient (Wildman–Crippen LogP) is 2.89. The third-order valence-corrected chi connectivity index (χ3v) is 4.31. The molecule has 1 aromatic heterocycles. The first-order valence-corrected chi connectivity index (χ1v) is 8.34. The van der Waals surface area contributed by atoms with E-state index in [1.54, 1.807) is 19.2 Å². The van der Waals surface area contributed by atoms with E-state index < -0.39 is 0 Å². The lowest BCUT2D eigenvalue weighted by molar-refractivity contribution is 0.284. The van der Waals surface area contributed by atoms with Gasteiger partial charge in [-0.15, -0.1) is 4.79 Å². The highest BCUT2D eigenvalue weighted by Gasteiger charge is 2.12. The van der Waals surface area contributed by atoms with Crippen molar-refractivity contribution in [2.45, 2.75) is 13.2 Å². The van der Waals surface area contributed by atoms with Crippen molar-refractivity contribution in [2.24, 2.45) is 0 Å². The van der Waals surface area contributed by atoms with Crippen LogP contribution in [0.3, 0.4) is 0 Å². The van der Waals surface area contributed by atoms with Crippen molar-refractivity contribution < 1.29 is 9.47 Å². The molecule has 3 rings (SSSR count). The summed E-state index contributed by atoms with van der Waals surface area (Å²) in [6.07, 6.45) is 0. The highest BCUT2D eigenvalue weighted by Crippen LogP contribution is 2.34. The monoisotopic (exact) mass is 394 g/mol. The Kier molecular flexibility index (Phi) is 5.65. The number of nitrogens with one attached hydrogen (secondary N) is 1. The van der Waals surface area contributed by atoms with Crippen LogP contribution in [0, 0.1) is 0 Å². The minimum Gasteiger partial charge on any atom is -0.493 e. The summed E-state index contributed by atoms with van der Waals surface area (Å²) in [5.74, 6) is 1.21. The number of halogens is 2. The van der Waals surface area contributed by atoms with Gasteiger partial charge in [-0.2, -0.15) is 0 Å². The van der Waals surface area contributed by atoms with Crippen molar-refractivity contribution in [1.82, 2.24) is 20.3 Å². The molecule has 0 amide bonds. The van der Waals surface area contributed by atoms with Gasteiger partial charge in [0.2, 0.25) is 0 Å². The zero-order valence-electron chi connectivity index (χ0n) is 13.8. The van der Waals surface area contributed by atoms with E-state index in [0.717, 1.165) is 11.1 Å². The third kappa shape index (κ3) is 4.09. The van der Waals surface area contributed by atoms with Crippen molar-refractivity contribution in [1.29, 1.82) is 0 Å². The lowest BCUT2D eigenvalue weighted by Crippen LogP contribution is -2.18. The second-order valence-corrected chi connectivity index (χ2v) is 6.07. The van der Waals surface area contributed by atoms with Gasteiger partial charge in [0.15, 0.2) is 11.5 Å². The molecule has 8 nitrogen and oxygen atoms in total. The van der Waals surface area contributed by atoms with Gasteiger partial charge in [0.05, 0.1) is 13.7 Å². The Hall–Kier alpha value is -2.71. The van der Waals surface area contributed by atoms with E-state index in [0.29, 0.717) is 34.7 Å². The van der Waals surface area contributed by atoms with Gasteiger partial charge in [-0.05, 0) is 28.1 Å². The average molecular weight is 395 g/mol. The van der Waals surface area contributed by atoms with Crippen LogP contribution in [-0.2, 0) is 13.2 Å². The number of nitrogens with two attached hydrogens (primary N) is 1. The standard InChI is InChI=1S/C16H16Cl2N6O2/c1-25-14-6-11(8-20-24-16(19)21-22-23-24)13(18)7-15(14)26-9-10-4-2-3-5-12(10)17/h2-7,20H,8-9H2,1H3,(H2,19,21,23). The SMILES string of the molecule is COc1cc(CNn2nnnc2N)c(Cl)cc1OCc1ccccc1Cl. The molecule has 136 valence electrons. The van der Waals surface area contributed by atoms with Gasteiger partial charge in [0, 0.05) is 21.7 Å². The number of methoxy groups -OCH3 is 1. The van der Waals surface area contributed by atoms with Crippen LogP contribution in [0.4, 0.5) is 5.95 Å². The van der Waals surface area contributed by atoms with Gasteiger partial charge < -0.3 is 20.6 Å². The Balaban J connectivity index is 1.74. The average Bonchev–Trinajstić information content (AvgIpc) is 3.05. The molecule has 0 saturated carbocycles. The molecule has 10 heteroatoms. The molecular weight excluding hydrogens is 379 g/mol. The summed E-state index contributed by atoms with van der Waals surface area (Å²) in [4.78, 5) is 1.25. The van der Waals surface area contributed by atoms with Crippen molar-refractivity contribution in [3.63, 3.8) is 0 Å². The normalized spacial score (nSPS) is 10.6. The Morgan fingerprint density at radius 3 is 2.62 bits per heavy atom. The molecule has 0 aliphatic carbocycles. The number of tetrazole rings is 1. The van der Waals surface area contributed by atoms with E-state index in [-0.39, 0.29) is 5.95 Å². The molecule has 0 fully saturated rings. The summed E-state index contributed by atoms with van der Waals surface area (Å²) in [7, 11) is 1.56. The highest BCUT2D eigenvalue weighted by molar-refractivity contribution is 6.31. The summed E-state index contributed by atoms with van der Waals surface area (Å²) >= 11 is 12.5. The van der Waals surface area contributed by atoms with Crippen LogP contribution in [-0.4, -0.2) is 27.4 Å². The fourth-order valence-corrected chi connectivity index (χ4v) is 2.63. The Labute approximate surface area is 159 Å². The van der Waals surface area contributed by atoms with Crippen molar-refractivity contribution in [3.05, 3.63) is 57.6 Å². The van der Waals surface area contributed by atoms with E-state index in [4.69, 9.17) is 38.4 Å². The highest BCUT2D eigenvalue weighted by atomic mass is 35.5. The number of nitrogens with zero attached hydrogens (tertiary/aromatic N) is 4. The number of benzene rings is 2. The Morgan fingerprint density at radius 1 is 1.12 bits per heavy atom. The molecule has 3 N–H and O–H groups in total. The molecule has 0 atom stereocenters. The zero-order valence-corrected chi connectivity index (χ0v) is 15.3. The first kappa shape index (κ1) is 18.1. The lowest BCUT2D eigenvalue weighted by Gasteiger charge is -2.15. The van der Waals surface area contributed by atoms with Gasteiger partial charge in [-0.25, -0.2) is 0 Å². The fraction of sp³-hybridized carbons (Fsp3) is 0.188. The van der Waals surface area contributed by atoms with Gasteiger partial charge in [-0.1, -0.05) is 46.5 Å². The molecular formula is C16H16Cl2N6O2. The molecule has 1 heterocycles. The first-order valence-electron chi connectivity index (χ1n) is 7.59. The predicted molar refractivity (Wildman–Crippen MR) is 99.1 cm³/mol. The zero-order chi connectivity index (χ0) is 18.5. The third-order valence-electron chi connectivity index (χ3n) is 3.59. The number of hydrogen-bond donors (Lipinski definition) is 2. The van der Waals surface area contributed by atoms with Gasteiger partial charge in [0.25, 0.3) is 5.95 Å². The van der Waals surface area contributed by atoms with Crippen LogP contribution in [0.25, 0.3) is 0 Å². The number of aromatic nitrogens is 4. The second kappa shape index (κ2) is 8.11. The van der Waals surface area contributed by atoms with E-state index in [1.807, 2.05) is 24.3 Å². The van der Waals surface area contributed by atoms with E-state index >= 15 is 0 Å². The Bertz CT molecular complexity index is 902. The van der Waals surface area contributed by atoms with Crippen molar-refractivity contribution in [3.8, 4) is 11.5 Å². The van der Waals surface area contributed by atoms with Crippen molar-refractivity contribution in [2.75, 3.05) is 18.3 Å². The van der Waals surface area contributed by atoms with E-state index in [9.17, 15) is 0 Å². The number of ether oxygens (including phenoxy) is 2. The molecule has 0 spiro atoms. The molecule has 3 aromatic rings.